The van der Waals surface area contributed by atoms with Crippen LogP contribution in [-0.2, 0) is 21.7 Å². The van der Waals surface area contributed by atoms with Crippen molar-refractivity contribution in [2.24, 2.45) is 17.8 Å². The number of piperidine rings is 1. The molecule has 2 aromatic rings. The van der Waals surface area contributed by atoms with Gasteiger partial charge in [0.1, 0.15) is 11.6 Å². The third-order valence-corrected chi connectivity index (χ3v) is 9.10. The van der Waals surface area contributed by atoms with Gasteiger partial charge < -0.3 is 32.6 Å². The summed E-state index contributed by atoms with van der Waals surface area (Å²) in [6, 6.07) is 12.6. The predicted octanol–water partition coefficient (Wildman–Crippen LogP) is 8.28. The van der Waals surface area contributed by atoms with E-state index >= 15 is 0 Å². The number of halogens is 2. The van der Waals surface area contributed by atoms with E-state index in [1.807, 2.05) is 0 Å². The monoisotopic (exact) mass is 534 g/mol. The van der Waals surface area contributed by atoms with Gasteiger partial charge in [-0.05, 0) is 54.6 Å². The summed E-state index contributed by atoms with van der Waals surface area (Å²) in [5.74, 6) is 1.68. The molecule has 5 unspecified atom stereocenters. The summed E-state index contributed by atoms with van der Waals surface area (Å²) in [7, 11) is 0. The third-order valence-electron chi connectivity index (χ3n) is 7.48. The second kappa shape index (κ2) is 14.5. The first kappa shape index (κ1) is 33.8. The molecule has 1 saturated heterocycles. The molecule has 2 nitrogen and oxygen atoms in total. The zero-order chi connectivity index (χ0) is 22.1. The van der Waals surface area contributed by atoms with Crippen molar-refractivity contribution in [3.63, 3.8) is 0 Å². The quantitative estimate of drug-likeness (QED) is 0.159. The van der Waals surface area contributed by atoms with Crippen molar-refractivity contribution < 1.29 is 30.5 Å². The van der Waals surface area contributed by atoms with Gasteiger partial charge in [-0.25, -0.2) is 8.78 Å². The molecule has 0 N–H and O–H groups in total. The van der Waals surface area contributed by atoms with Crippen LogP contribution in [-0.4, -0.2) is 29.1 Å². The molecule has 2 heterocycles. The van der Waals surface area contributed by atoms with E-state index in [2.05, 4.69) is 56.8 Å². The van der Waals surface area contributed by atoms with E-state index in [4.69, 9.17) is 0 Å². The zero-order valence-corrected chi connectivity index (χ0v) is 24.4. The Balaban J connectivity index is 0.000000593. The maximum absolute atomic E-state index is 13.4. The van der Waals surface area contributed by atoms with Gasteiger partial charge in [-0.2, -0.15) is 0 Å². The van der Waals surface area contributed by atoms with E-state index in [0.717, 1.165) is 60.3 Å². The van der Waals surface area contributed by atoms with Crippen LogP contribution in [0.15, 0.2) is 47.4 Å². The fraction of sp³-hybridized carbons (Fsp3) is 0.448. The summed E-state index contributed by atoms with van der Waals surface area (Å²) in [6.45, 7) is 8.61. The fourth-order valence-electron chi connectivity index (χ4n) is 5.36. The topological polar surface area (TPSA) is 25.5 Å². The normalized spacial score (nSPS) is 25.7. The summed E-state index contributed by atoms with van der Waals surface area (Å²) in [5.41, 5.74) is 1.31. The molecule has 0 radical (unpaired) electrons. The van der Waals surface area contributed by atoms with E-state index in [9.17, 15) is 14.2 Å². The van der Waals surface area contributed by atoms with Crippen molar-refractivity contribution in [2.45, 2.75) is 56.1 Å². The SMILES string of the molecule is CC1C(C)C2Sc3ccccc3C2C1C.[CH3-].[CH3-].[CH3-].[N-]=C(c1c(F)cccc1F)N1CCCCC1.[Ti+4]. The van der Waals surface area contributed by atoms with E-state index < -0.39 is 11.6 Å². The number of likely N-dealkylation sites (tertiary alicyclic amines) is 1. The number of benzene rings is 2. The van der Waals surface area contributed by atoms with E-state index in [-0.39, 0.29) is 55.4 Å². The summed E-state index contributed by atoms with van der Waals surface area (Å²) in [5, 5.41) is 10.7. The molecule has 0 spiro atoms. The smallest absolute Gasteiger partial charge is 0.468 e. The molecule has 0 amide bonds. The fourth-order valence-corrected chi connectivity index (χ4v) is 7.15. The van der Waals surface area contributed by atoms with Crippen LogP contribution in [0.25, 0.3) is 5.41 Å². The van der Waals surface area contributed by atoms with Gasteiger partial charge in [-0.3, -0.25) is 0 Å². The number of thioether (sulfide) groups is 1. The van der Waals surface area contributed by atoms with E-state index in [1.54, 1.807) is 10.5 Å². The van der Waals surface area contributed by atoms with Crippen molar-refractivity contribution in [3.05, 3.63) is 92.9 Å². The van der Waals surface area contributed by atoms with Crippen LogP contribution in [0.2, 0.25) is 0 Å². The standard InChI is InChI=1S/C14H18S.C12H13F2N2.3CH3.Ti/c1-8-9(2)13-11-6-4-5-7-12(11)15-14(13)10(8)3;13-9-5-4-6-10(14)11(9)12(15)16-7-2-1-3-8-16;;;;/h4-10,13-14H,1-3H3;4-6H,1-3,7-8H2;3*1H3;/q;4*-1;+4. The minimum atomic E-state index is -0.719. The largest absolute Gasteiger partial charge is 4.00 e. The third kappa shape index (κ3) is 6.78. The number of nitrogens with zero attached hydrogens (tertiary/aromatic N) is 2. The predicted molar refractivity (Wildman–Crippen MR) is 145 cm³/mol. The number of hydrogen-bond acceptors (Lipinski definition) is 1. The van der Waals surface area contributed by atoms with Crippen molar-refractivity contribution in [3.8, 4) is 0 Å². The van der Waals surface area contributed by atoms with Crippen LogP contribution in [0.5, 0.6) is 0 Å². The maximum Gasteiger partial charge on any atom is 4.00 e. The van der Waals surface area contributed by atoms with E-state index in [0.29, 0.717) is 13.1 Å². The zero-order valence-electron chi connectivity index (χ0n) is 22.0. The molecule has 0 bridgehead atoms. The molecular formula is C29H40F2N2STi. The molecule has 1 saturated carbocycles. The molecule has 2 fully saturated rings. The van der Waals surface area contributed by atoms with Gasteiger partial charge in [0, 0.05) is 21.6 Å². The van der Waals surface area contributed by atoms with Crippen molar-refractivity contribution >= 4 is 17.6 Å². The Bertz CT molecular complexity index is 928. The van der Waals surface area contributed by atoms with Gasteiger partial charge in [-0.1, -0.05) is 70.1 Å². The molecule has 5 rings (SSSR count). The Kier molecular flexibility index (Phi) is 14.1. The average Bonchev–Trinajstić information content (AvgIpc) is 3.26. The molecule has 190 valence electrons. The molecule has 35 heavy (non-hydrogen) atoms. The van der Waals surface area contributed by atoms with Gasteiger partial charge >= 0.3 is 21.7 Å². The van der Waals surface area contributed by atoms with Gasteiger partial charge in [-0.15, -0.1) is 11.8 Å². The number of hydrogen-bond donors (Lipinski definition) is 0. The molecule has 3 aliphatic rings. The summed E-state index contributed by atoms with van der Waals surface area (Å²) >= 11 is 2.12. The van der Waals surface area contributed by atoms with Gasteiger partial charge in [0.25, 0.3) is 0 Å². The van der Waals surface area contributed by atoms with Crippen LogP contribution in [0.1, 0.15) is 57.1 Å². The Morgan fingerprint density at radius 3 is 2.00 bits per heavy atom. The number of fused-ring (bicyclic) bond motifs is 3. The Morgan fingerprint density at radius 2 is 1.40 bits per heavy atom. The first-order chi connectivity index (χ1) is 14.9. The van der Waals surface area contributed by atoms with Crippen molar-refractivity contribution in [2.75, 3.05) is 13.1 Å². The Hall–Kier alpha value is -1.17. The maximum atomic E-state index is 13.4. The summed E-state index contributed by atoms with van der Waals surface area (Å²) < 4.78 is 26.8. The summed E-state index contributed by atoms with van der Waals surface area (Å²) in [4.78, 5) is 3.17. The molecule has 2 aliphatic heterocycles. The second-order valence-corrected chi connectivity index (χ2v) is 10.4. The number of rotatable bonds is 1. The Morgan fingerprint density at radius 1 is 0.829 bits per heavy atom. The molecule has 5 atom stereocenters. The minimum Gasteiger partial charge on any atom is -0.468 e. The Labute approximate surface area is 232 Å². The first-order valence-corrected chi connectivity index (χ1v) is 12.3. The van der Waals surface area contributed by atoms with Crippen LogP contribution in [0.3, 0.4) is 0 Å². The number of amidine groups is 1. The molecule has 1 aliphatic carbocycles. The van der Waals surface area contributed by atoms with Crippen LogP contribution >= 0.6 is 11.8 Å². The molecule has 2 aromatic carbocycles. The van der Waals surface area contributed by atoms with E-state index in [1.165, 1.54) is 11.0 Å². The van der Waals surface area contributed by atoms with Crippen LogP contribution in [0.4, 0.5) is 8.78 Å². The molecular weight excluding hydrogens is 494 g/mol. The van der Waals surface area contributed by atoms with Gasteiger partial charge in [0.05, 0.1) is 0 Å². The second-order valence-electron chi connectivity index (χ2n) is 9.19. The molecule has 0 aromatic heterocycles. The summed E-state index contributed by atoms with van der Waals surface area (Å²) in [6.07, 6.45) is 2.99. The van der Waals surface area contributed by atoms with Crippen LogP contribution < -0.4 is 0 Å². The van der Waals surface area contributed by atoms with Crippen molar-refractivity contribution in [1.29, 1.82) is 0 Å². The minimum absolute atomic E-state index is 0. The van der Waals surface area contributed by atoms with Gasteiger partial charge in [0.15, 0.2) is 0 Å². The molecule has 6 heteroatoms. The van der Waals surface area contributed by atoms with Crippen LogP contribution in [0, 0.1) is 51.7 Å². The van der Waals surface area contributed by atoms with Crippen molar-refractivity contribution in [1.82, 2.24) is 4.90 Å². The first-order valence-electron chi connectivity index (χ1n) is 11.4. The average molecular weight is 535 g/mol. The van der Waals surface area contributed by atoms with Gasteiger partial charge in [0.2, 0.25) is 0 Å².